The number of anilines is 1. The van der Waals surface area contributed by atoms with Gasteiger partial charge < -0.3 is 5.32 Å². The number of halogens is 2. The van der Waals surface area contributed by atoms with Crippen LogP contribution < -0.4 is 10.7 Å². The molecule has 0 heterocycles. The second-order valence-corrected chi connectivity index (χ2v) is 6.20. The number of rotatable bonds is 7. The lowest BCUT2D eigenvalue weighted by Crippen LogP contribution is -2.18. The van der Waals surface area contributed by atoms with Crippen LogP contribution in [0.25, 0.3) is 0 Å². The molecule has 0 spiro atoms. The standard InChI is InChI=1S/C18H19Cl2N3O/c1-13-4-8-16(9-5-13)21-10-2-3-18(24)23-22-12-14-6-7-15(19)11-17(14)20/h4-9,11-12,21H,2-3,10H2,1H3,(H,23,24)/b22-12+. The van der Waals surface area contributed by atoms with Crippen LogP contribution >= 0.6 is 23.2 Å². The fourth-order valence-electron chi connectivity index (χ4n) is 1.99. The number of benzene rings is 2. The summed E-state index contributed by atoms with van der Waals surface area (Å²) in [5.74, 6) is -0.137. The van der Waals surface area contributed by atoms with Crippen LogP contribution in [0.2, 0.25) is 10.0 Å². The average Bonchev–Trinajstić information content (AvgIpc) is 2.55. The Balaban J connectivity index is 1.67. The van der Waals surface area contributed by atoms with Gasteiger partial charge in [0, 0.05) is 29.2 Å². The van der Waals surface area contributed by atoms with E-state index in [9.17, 15) is 4.79 Å². The van der Waals surface area contributed by atoms with Gasteiger partial charge in [0.25, 0.3) is 0 Å². The van der Waals surface area contributed by atoms with E-state index in [-0.39, 0.29) is 5.91 Å². The third-order valence-electron chi connectivity index (χ3n) is 3.32. The molecule has 0 aromatic heterocycles. The second kappa shape index (κ2) is 9.30. The van der Waals surface area contributed by atoms with E-state index >= 15 is 0 Å². The van der Waals surface area contributed by atoms with Crippen LogP contribution in [0.5, 0.6) is 0 Å². The van der Waals surface area contributed by atoms with Gasteiger partial charge in [-0.15, -0.1) is 0 Å². The summed E-state index contributed by atoms with van der Waals surface area (Å²) in [7, 11) is 0. The van der Waals surface area contributed by atoms with Crippen LogP contribution in [-0.2, 0) is 4.79 Å². The first-order valence-corrected chi connectivity index (χ1v) is 8.38. The summed E-state index contributed by atoms with van der Waals surface area (Å²) < 4.78 is 0. The van der Waals surface area contributed by atoms with Crippen LogP contribution in [0.4, 0.5) is 5.69 Å². The van der Waals surface area contributed by atoms with Gasteiger partial charge in [-0.1, -0.05) is 47.0 Å². The number of amides is 1. The number of carbonyl (C=O) groups excluding carboxylic acids is 1. The summed E-state index contributed by atoms with van der Waals surface area (Å²) in [6, 6.07) is 13.2. The van der Waals surface area contributed by atoms with E-state index < -0.39 is 0 Å². The van der Waals surface area contributed by atoms with Crippen LogP contribution in [0.3, 0.4) is 0 Å². The molecule has 0 atom stereocenters. The predicted octanol–water partition coefficient (Wildman–Crippen LogP) is 4.64. The Hall–Kier alpha value is -2.04. The molecule has 0 fully saturated rings. The topological polar surface area (TPSA) is 53.5 Å². The van der Waals surface area contributed by atoms with Crippen molar-refractivity contribution in [1.82, 2.24) is 5.43 Å². The quantitative estimate of drug-likeness (QED) is 0.427. The second-order valence-electron chi connectivity index (χ2n) is 5.36. The van der Waals surface area contributed by atoms with Gasteiger partial charge in [-0.3, -0.25) is 4.79 Å². The van der Waals surface area contributed by atoms with E-state index in [4.69, 9.17) is 23.2 Å². The van der Waals surface area contributed by atoms with Gasteiger partial charge in [-0.25, -0.2) is 5.43 Å². The number of hydrogen-bond acceptors (Lipinski definition) is 3. The smallest absolute Gasteiger partial charge is 0.240 e. The van der Waals surface area contributed by atoms with Crippen molar-refractivity contribution in [3.05, 3.63) is 63.6 Å². The van der Waals surface area contributed by atoms with Gasteiger partial charge >= 0.3 is 0 Å². The summed E-state index contributed by atoms with van der Waals surface area (Å²) in [6.45, 7) is 2.77. The molecule has 2 N–H and O–H groups in total. The fraction of sp³-hybridized carbons (Fsp3) is 0.222. The van der Waals surface area contributed by atoms with Crippen LogP contribution in [0.1, 0.15) is 24.0 Å². The minimum Gasteiger partial charge on any atom is -0.385 e. The zero-order valence-electron chi connectivity index (χ0n) is 13.4. The van der Waals surface area contributed by atoms with Crippen LogP contribution in [0.15, 0.2) is 47.6 Å². The predicted molar refractivity (Wildman–Crippen MR) is 101 cm³/mol. The number of aryl methyl sites for hydroxylation is 1. The summed E-state index contributed by atoms with van der Waals surface area (Å²) >= 11 is 11.8. The highest BCUT2D eigenvalue weighted by molar-refractivity contribution is 6.36. The number of nitrogens with zero attached hydrogens (tertiary/aromatic N) is 1. The lowest BCUT2D eigenvalue weighted by molar-refractivity contribution is -0.121. The van der Waals surface area contributed by atoms with Gasteiger partial charge in [-0.05, 0) is 37.6 Å². The van der Waals surface area contributed by atoms with Crippen molar-refractivity contribution in [2.75, 3.05) is 11.9 Å². The van der Waals surface area contributed by atoms with Crippen LogP contribution in [0, 0.1) is 6.92 Å². The minimum absolute atomic E-state index is 0.137. The maximum Gasteiger partial charge on any atom is 0.240 e. The summed E-state index contributed by atoms with van der Waals surface area (Å²) in [5, 5.41) is 8.23. The summed E-state index contributed by atoms with van der Waals surface area (Å²) in [4.78, 5) is 11.7. The molecule has 126 valence electrons. The first-order chi connectivity index (χ1) is 11.5. The molecule has 0 aliphatic heterocycles. The maximum absolute atomic E-state index is 11.7. The molecule has 4 nitrogen and oxygen atoms in total. The van der Waals surface area contributed by atoms with E-state index in [1.807, 2.05) is 31.2 Å². The molecule has 2 aromatic carbocycles. The Morgan fingerprint density at radius 3 is 2.62 bits per heavy atom. The van der Waals surface area contributed by atoms with E-state index in [0.29, 0.717) is 22.0 Å². The number of carbonyl (C=O) groups is 1. The highest BCUT2D eigenvalue weighted by Crippen LogP contribution is 2.19. The van der Waals surface area contributed by atoms with Gasteiger partial charge in [0.2, 0.25) is 5.91 Å². The normalized spacial score (nSPS) is 10.8. The third kappa shape index (κ3) is 6.22. The highest BCUT2D eigenvalue weighted by Gasteiger charge is 2.01. The number of nitrogens with one attached hydrogen (secondary N) is 2. The Morgan fingerprint density at radius 1 is 1.17 bits per heavy atom. The largest absolute Gasteiger partial charge is 0.385 e. The lowest BCUT2D eigenvalue weighted by Gasteiger charge is -2.06. The van der Waals surface area contributed by atoms with Crippen molar-refractivity contribution >= 4 is 41.0 Å². The summed E-state index contributed by atoms with van der Waals surface area (Å²) in [5.41, 5.74) is 5.46. The molecule has 0 saturated carbocycles. The van der Waals surface area contributed by atoms with Crippen molar-refractivity contribution in [3.8, 4) is 0 Å². The summed E-state index contributed by atoms with van der Waals surface area (Å²) in [6.07, 6.45) is 2.61. The molecule has 1 amide bonds. The van der Waals surface area contributed by atoms with Crippen LogP contribution in [-0.4, -0.2) is 18.7 Å². The molecule has 0 saturated heterocycles. The first-order valence-electron chi connectivity index (χ1n) is 7.62. The zero-order valence-corrected chi connectivity index (χ0v) is 14.9. The molecule has 0 radical (unpaired) electrons. The molecule has 2 rings (SSSR count). The number of hydrazone groups is 1. The Bertz CT molecular complexity index is 715. The first kappa shape index (κ1) is 18.3. The third-order valence-corrected chi connectivity index (χ3v) is 3.88. The fourth-order valence-corrected chi connectivity index (χ4v) is 2.45. The van der Waals surface area contributed by atoms with Crippen molar-refractivity contribution in [1.29, 1.82) is 0 Å². The molecule has 6 heteroatoms. The molecule has 24 heavy (non-hydrogen) atoms. The van der Waals surface area contributed by atoms with Crippen molar-refractivity contribution in [2.45, 2.75) is 19.8 Å². The molecule has 0 unspecified atom stereocenters. The van der Waals surface area contributed by atoms with Crippen molar-refractivity contribution in [2.24, 2.45) is 5.10 Å². The Kier molecular flexibility index (Phi) is 7.09. The Labute approximate surface area is 151 Å². The van der Waals surface area contributed by atoms with Gasteiger partial charge in [0.15, 0.2) is 0 Å². The highest BCUT2D eigenvalue weighted by atomic mass is 35.5. The minimum atomic E-state index is -0.137. The van der Waals surface area contributed by atoms with E-state index in [0.717, 1.165) is 18.7 Å². The molecule has 0 aliphatic carbocycles. The van der Waals surface area contributed by atoms with Gasteiger partial charge in [-0.2, -0.15) is 5.10 Å². The average molecular weight is 364 g/mol. The van der Waals surface area contributed by atoms with E-state index in [1.165, 1.54) is 11.8 Å². The van der Waals surface area contributed by atoms with Gasteiger partial charge in [0.05, 0.1) is 11.2 Å². The molecule has 2 aromatic rings. The molecular formula is C18H19Cl2N3O. The maximum atomic E-state index is 11.7. The van der Waals surface area contributed by atoms with E-state index in [2.05, 4.69) is 15.8 Å². The molecule has 0 bridgehead atoms. The molecule has 0 aliphatic rings. The Morgan fingerprint density at radius 2 is 1.92 bits per heavy atom. The lowest BCUT2D eigenvalue weighted by atomic mass is 10.2. The number of hydrogen-bond donors (Lipinski definition) is 2. The monoisotopic (exact) mass is 363 g/mol. The van der Waals surface area contributed by atoms with Gasteiger partial charge in [0.1, 0.15) is 0 Å². The SMILES string of the molecule is Cc1ccc(NCCCC(=O)N/N=C/c2ccc(Cl)cc2Cl)cc1. The van der Waals surface area contributed by atoms with E-state index in [1.54, 1.807) is 18.2 Å². The molecular weight excluding hydrogens is 345 g/mol. The van der Waals surface area contributed by atoms with Crippen molar-refractivity contribution < 1.29 is 4.79 Å². The van der Waals surface area contributed by atoms with Crippen molar-refractivity contribution in [3.63, 3.8) is 0 Å². The zero-order chi connectivity index (χ0) is 17.4.